The normalized spacial score (nSPS) is 13.4. The summed E-state index contributed by atoms with van der Waals surface area (Å²) >= 11 is 7.83. The van der Waals surface area contributed by atoms with E-state index in [2.05, 4.69) is 15.9 Å². The van der Waals surface area contributed by atoms with Gasteiger partial charge in [0.2, 0.25) is 0 Å². The molecular weight excluding hydrogens is 183 g/mol. The molecule has 0 rings (SSSR count). The van der Waals surface area contributed by atoms with Gasteiger partial charge in [-0.25, -0.2) is 0 Å². The van der Waals surface area contributed by atoms with Crippen molar-refractivity contribution in [3.8, 4) is 0 Å². The van der Waals surface area contributed by atoms with Crippen LogP contribution in [0.15, 0.2) is 0 Å². The van der Waals surface area contributed by atoms with Gasteiger partial charge in [-0.2, -0.15) is 0 Å². The summed E-state index contributed by atoms with van der Waals surface area (Å²) in [5.41, 5.74) is 0. The number of carboxylic acid groups (broad SMARTS) is 1. The van der Waals surface area contributed by atoms with Gasteiger partial charge in [-0.1, -0.05) is 15.9 Å². The third kappa shape index (κ3) is 2.88. The van der Waals surface area contributed by atoms with E-state index in [-0.39, 0.29) is 5.88 Å². The molecule has 0 aromatic rings. The number of carbonyl (C=O) groups excluding carboxylic acids is 1. The van der Waals surface area contributed by atoms with Crippen LogP contribution in [0.1, 0.15) is 0 Å². The van der Waals surface area contributed by atoms with Crippen LogP contribution in [0, 0.1) is 0 Å². The summed E-state index contributed by atoms with van der Waals surface area (Å²) in [6.07, 6.45) is 0. The van der Waals surface area contributed by atoms with Crippen molar-refractivity contribution in [3.05, 3.63) is 0 Å². The molecular formula is C3H3BrClO2-. The Bertz CT molecular complexity index is 75.3. The fourth-order valence-corrected chi connectivity index (χ4v) is 0.189. The molecule has 7 heavy (non-hydrogen) atoms. The number of carbonyl (C=O) groups is 1. The molecule has 0 aliphatic rings. The van der Waals surface area contributed by atoms with Crippen molar-refractivity contribution in [2.75, 3.05) is 5.88 Å². The Morgan fingerprint density at radius 1 is 2.00 bits per heavy atom. The van der Waals surface area contributed by atoms with E-state index in [0.29, 0.717) is 0 Å². The second-order valence-electron chi connectivity index (χ2n) is 0.941. The van der Waals surface area contributed by atoms with Crippen LogP contribution in [0.2, 0.25) is 0 Å². The second-order valence-corrected chi connectivity index (χ2v) is 2.35. The Hall–Kier alpha value is 0.240. The van der Waals surface area contributed by atoms with Crippen molar-refractivity contribution in [2.24, 2.45) is 0 Å². The van der Waals surface area contributed by atoms with Gasteiger partial charge in [-0.15, -0.1) is 11.6 Å². The minimum absolute atomic E-state index is 0.0440. The van der Waals surface area contributed by atoms with Gasteiger partial charge >= 0.3 is 0 Å². The quantitative estimate of drug-likeness (QED) is 0.558. The molecule has 0 aliphatic carbocycles. The first-order chi connectivity index (χ1) is 3.18. The van der Waals surface area contributed by atoms with Gasteiger partial charge in [0.05, 0.1) is 10.8 Å². The molecule has 0 amide bonds. The van der Waals surface area contributed by atoms with Crippen LogP contribution < -0.4 is 5.11 Å². The summed E-state index contributed by atoms with van der Waals surface area (Å²) in [4.78, 5) is 8.97. The van der Waals surface area contributed by atoms with Gasteiger partial charge in [0.15, 0.2) is 0 Å². The van der Waals surface area contributed by atoms with E-state index < -0.39 is 10.8 Å². The lowest BCUT2D eigenvalue weighted by atomic mass is 10.5. The standard InChI is InChI=1S/C3H4BrClO2/c4-2(1-5)3(6)7/h2H,1H2,(H,6,7)/p-1. The summed E-state index contributed by atoms with van der Waals surface area (Å²) in [7, 11) is 0. The number of carboxylic acids is 1. The molecule has 0 fully saturated rings. The van der Waals surface area contributed by atoms with Crippen molar-refractivity contribution in [1.29, 1.82) is 0 Å². The zero-order valence-electron chi connectivity index (χ0n) is 3.36. The lowest BCUT2D eigenvalue weighted by Gasteiger charge is -2.03. The first kappa shape index (κ1) is 7.24. The summed E-state index contributed by atoms with van der Waals surface area (Å²) in [5.74, 6) is -1.13. The summed E-state index contributed by atoms with van der Waals surface area (Å²) < 4.78 is 0. The number of hydrogen-bond donors (Lipinski definition) is 0. The van der Waals surface area contributed by atoms with Crippen LogP contribution in [0.4, 0.5) is 0 Å². The SMILES string of the molecule is O=C([O-])C(Br)CCl. The van der Waals surface area contributed by atoms with E-state index in [4.69, 9.17) is 11.6 Å². The molecule has 0 saturated heterocycles. The van der Waals surface area contributed by atoms with Crippen molar-refractivity contribution < 1.29 is 9.90 Å². The second kappa shape index (κ2) is 3.27. The minimum atomic E-state index is -1.17. The summed E-state index contributed by atoms with van der Waals surface area (Å²) in [5, 5.41) is 9.69. The number of aliphatic carboxylic acids is 1. The highest BCUT2D eigenvalue weighted by Crippen LogP contribution is 1.98. The highest BCUT2D eigenvalue weighted by molar-refractivity contribution is 9.10. The summed E-state index contributed by atoms with van der Waals surface area (Å²) in [6, 6.07) is 0. The molecule has 0 aliphatic heterocycles. The Morgan fingerprint density at radius 3 is 2.43 bits per heavy atom. The molecule has 42 valence electrons. The molecule has 0 aromatic carbocycles. The van der Waals surface area contributed by atoms with Gasteiger partial charge in [0.1, 0.15) is 0 Å². The molecule has 2 nitrogen and oxygen atoms in total. The fourth-order valence-electron chi connectivity index (χ4n) is 0.0630. The van der Waals surface area contributed by atoms with Crippen LogP contribution in [0.3, 0.4) is 0 Å². The van der Waals surface area contributed by atoms with Crippen LogP contribution >= 0.6 is 27.5 Å². The van der Waals surface area contributed by atoms with Gasteiger partial charge in [-0.05, 0) is 0 Å². The smallest absolute Gasteiger partial charge is 0.0676 e. The lowest BCUT2D eigenvalue weighted by Crippen LogP contribution is -2.32. The first-order valence-electron chi connectivity index (χ1n) is 1.59. The van der Waals surface area contributed by atoms with Crippen molar-refractivity contribution in [2.45, 2.75) is 4.83 Å². The molecule has 1 atom stereocenters. The monoisotopic (exact) mass is 185 g/mol. The van der Waals surface area contributed by atoms with Gasteiger partial charge in [0, 0.05) is 5.88 Å². The van der Waals surface area contributed by atoms with E-state index in [9.17, 15) is 9.90 Å². The van der Waals surface area contributed by atoms with Crippen LogP contribution in [0.25, 0.3) is 0 Å². The largest absolute Gasteiger partial charge is 0.549 e. The van der Waals surface area contributed by atoms with Gasteiger partial charge in [-0.3, -0.25) is 0 Å². The highest BCUT2D eigenvalue weighted by atomic mass is 79.9. The molecule has 0 saturated carbocycles. The third-order valence-electron chi connectivity index (χ3n) is 0.391. The highest BCUT2D eigenvalue weighted by Gasteiger charge is 1.99. The predicted molar refractivity (Wildman–Crippen MR) is 28.4 cm³/mol. The van der Waals surface area contributed by atoms with Gasteiger partial charge < -0.3 is 9.90 Å². The molecule has 1 unspecified atom stereocenters. The molecule has 0 radical (unpaired) electrons. The van der Waals surface area contributed by atoms with Gasteiger partial charge in [0.25, 0.3) is 0 Å². The molecule has 0 spiro atoms. The van der Waals surface area contributed by atoms with Crippen molar-refractivity contribution in [3.63, 3.8) is 0 Å². The maximum Gasteiger partial charge on any atom is 0.0676 e. The average Bonchev–Trinajstić information content (AvgIpc) is 1.65. The van der Waals surface area contributed by atoms with Crippen LogP contribution in [-0.2, 0) is 4.79 Å². The van der Waals surface area contributed by atoms with E-state index in [1.807, 2.05) is 0 Å². The van der Waals surface area contributed by atoms with Crippen LogP contribution in [0.5, 0.6) is 0 Å². The predicted octanol–water partition coefficient (Wildman–Crippen LogP) is -0.261. The molecule has 4 heteroatoms. The number of alkyl halides is 2. The van der Waals surface area contributed by atoms with E-state index in [1.165, 1.54) is 0 Å². The third-order valence-corrected chi connectivity index (χ3v) is 1.77. The van der Waals surface area contributed by atoms with E-state index in [0.717, 1.165) is 0 Å². The molecule has 0 aromatic heterocycles. The van der Waals surface area contributed by atoms with E-state index >= 15 is 0 Å². The van der Waals surface area contributed by atoms with E-state index in [1.54, 1.807) is 0 Å². The lowest BCUT2D eigenvalue weighted by molar-refractivity contribution is -0.304. The Labute approximate surface area is 54.6 Å². The maximum absolute atomic E-state index is 9.69. The molecule has 0 bridgehead atoms. The zero-order valence-corrected chi connectivity index (χ0v) is 5.70. The van der Waals surface area contributed by atoms with Crippen molar-refractivity contribution >= 4 is 33.5 Å². The Balaban J connectivity index is 3.34. The molecule has 0 heterocycles. The first-order valence-corrected chi connectivity index (χ1v) is 3.04. The fraction of sp³-hybridized carbons (Fsp3) is 0.667. The zero-order chi connectivity index (χ0) is 5.86. The number of halogens is 2. The van der Waals surface area contributed by atoms with Crippen LogP contribution in [-0.4, -0.2) is 16.7 Å². The average molecular weight is 186 g/mol. The molecule has 0 N–H and O–H groups in total. The Morgan fingerprint density at radius 2 is 2.43 bits per heavy atom. The summed E-state index contributed by atoms with van der Waals surface area (Å²) in [6.45, 7) is 0. The minimum Gasteiger partial charge on any atom is -0.549 e. The number of hydrogen-bond acceptors (Lipinski definition) is 2. The number of rotatable bonds is 2. The Kier molecular flexibility index (Phi) is 3.38. The van der Waals surface area contributed by atoms with Crippen molar-refractivity contribution in [1.82, 2.24) is 0 Å². The topological polar surface area (TPSA) is 40.1 Å². The maximum atomic E-state index is 9.69.